The van der Waals surface area contributed by atoms with E-state index in [1.54, 1.807) is 12.1 Å². The van der Waals surface area contributed by atoms with Crippen LogP contribution >= 0.6 is 0 Å². The summed E-state index contributed by atoms with van der Waals surface area (Å²) in [7, 11) is 0. The third-order valence-electron chi connectivity index (χ3n) is 3.60. The van der Waals surface area contributed by atoms with E-state index < -0.39 is 11.7 Å². The van der Waals surface area contributed by atoms with Gasteiger partial charge in [0, 0.05) is 6.04 Å². The number of rotatable bonds is 5. The second kappa shape index (κ2) is 6.42. The van der Waals surface area contributed by atoms with Gasteiger partial charge in [-0.05, 0) is 36.1 Å². The van der Waals surface area contributed by atoms with Crippen molar-refractivity contribution >= 4 is 0 Å². The molecule has 1 rings (SSSR count). The molecule has 19 heavy (non-hydrogen) atoms. The average molecular weight is 273 g/mol. The van der Waals surface area contributed by atoms with Crippen molar-refractivity contribution in [2.45, 2.75) is 39.9 Å². The van der Waals surface area contributed by atoms with Crippen LogP contribution in [0.25, 0.3) is 0 Å². The number of hydrogen-bond acceptors (Lipinski definition) is 1. The zero-order valence-electron chi connectivity index (χ0n) is 11.9. The Kier molecular flexibility index (Phi) is 5.41. The maximum absolute atomic E-state index is 12.5. The molecule has 1 N–H and O–H groups in total. The predicted molar refractivity (Wildman–Crippen MR) is 71.9 cm³/mol. The van der Waals surface area contributed by atoms with E-state index in [2.05, 4.69) is 26.1 Å². The molecule has 0 heterocycles. The van der Waals surface area contributed by atoms with Crippen molar-refractivity contribution in [2.75, 3.05) is 6.54 Å². The summed E-state index contributed by atoms with van der Waals surface area (Å²) >= 11 is 0. The molecule has 0 radical (unpaired) electrons. The Balaban J connectivity index is 2.98. The Morgan fingerprint density at radius 2 is 1.58 bits per heavy atom. The van der Waals surface area contributed by atoms with Crippen LogP contribution in [-0.4, -0.2) is 6.54 Å². The van der Waals surface area contributed by atoms with Gasteiger partial charge in [0.15, 0.2) is 0 Å². The van der Waals surface area contributed by atoms with Crippen LogP contribution in [0.15, 0.2) is 24.3 Å². The molecule has 0 amide bonds. The van der Waals surface area contributed by atoms with Gasteiger partial charge in [-0.1, -0.05) is 39.8 Å². The summed E-state index contributed by atoms with van der Waals surface area (Å²) in [5.41, 5.74) is 0.319. The highest BCUT2D eigenvalue weighted by atomic mass is 19.4. The third-order valence-corrected chi connectivity index (χ3v) is 3.60. The Bertz CT molecular complexity index is 381. The van der Waals surface area contributed by atoms with Crippen molar-refractivity contribution in [2.24, 2.45) is 11.8 Å². The fourth-order valence-electron chi connectivity index (χ4n) is 2.09. The first-order chi connectivity index (χ1) is 8.77. The highest BCUT2D eigenvalue weighted by Crippen LogP contribution is 2.32. The molecule has 0 aliphatic rings. The van der Waals surface area contributed by atoms with E-state index in [4.69, 9.17) is 0 Å². The number of hydrogen-bond donors (Lipinski definition) is 1. The van der Waals surface area contributed by atoms with Crippen molar-refractivity contribution in [3.05, 3.63) is 35.4 Å². The first-order valence-electron chi connectivity index (χ1n) is 6.68. The minimum Gasteiger partial charge on any atom is -0.310 e. The average Bonchev–Trinajstić information content (AvgIpc) is 2.34. The summed E-state index contributed by atoms with van der Waals surface area (Å²) in [5.74, 6) is 0.822. The van der Waals surface area contributed by atoms with Crippen LogP contribution in [0.3, 0.4) is 0 Å². The van der Waals surface area contributed by atoms with Gasteiger partial charge in [-0.25, -0.2) is 0 Å². The maximum Gasteiger partial charge on any atom is 0.416 e. The largest absolute Gasteiger partial charge is 0.416 e. The number of alkyl halides is 3. The van der Waals surface area contributed by atoms with Crippen molar-refractivity contribution in [3.8, 4) is 0 Å². The summed E-state index contributed by atoms with van der Waals surface area (Å²) < 4.78 is 37.6. The summed E-state index contributed by atoms with van der Waals surface area (Å²) in [6, 6.07) is 5.57. The van der Waals surface area contributed by atoms with Gasteiger partial charge >= 0.3 is 6.18 Å². The van der Waals surface area contributed by atoms with Crippen molar-refractivity contribution in [1.82, 2.24) is 5.32 Å². The fraction of sp³-hybridized carbons (Fsp3) is 0.600. The zero-order chi connectivity index (χ0) is 14.6. The molecule has 0 fully saturated rings. The number of halogens is 3. The van der Waals surface area contributed by atoms with E-state index >= 15 is 0 Å². The Morgan fingerprint density at radius 1 is 1.05 bits per heavy atom. The molecule has 0 aliphatic carbocycles. The molecule has 1 aromatic rings. The van der Waals surface area contributed by atoms with E-state index in [1.165, 1.54) is 0 Å². The standard InChI is InChI=1S/C15H22F3N/c1-5-19-14(11(4)10(2)3)12-6-8-13(9-7-12)15(16,17)18/h6-11,14,19H,5H2,1-4H3. The highest BCUT2D eigenvalue weighted by molar-refractivity contribution is 5.27. The lowest BCUT2D eigenvalue weighted by atomic mass is 9.86. The second-order valence-corrected chi connectivity index (χ2v) is 5.26. The fourth-order valence-corrected chi connectivity index (χ4v) is 2.09. The van der Waals surface area contributed by atoms with E-state index in [9.17, 15) is 13.2 Å². The number of benzene rings is 1. The van der Waals surface area contributed by atoms with Crippen molar-refractivity contribution in [1.29, 1.82) is 0 Å². The van der Waals surface area contributed by atoms with Crippen LogP contribution in [0.5, 0.6) is 0 Å². The van der Waals surface area contributed by atoms with Crippen LogP contribution in [0.4, 0.5) is 13.2 Å². The van der Waals surface area contributed by atoms with Crippen LogP contribution in [-0.2, 0) is 6.18 Å². The minimum atomic E-state index is -4.27. The summed E-state index contributed by atoms with van der Waals surface area (Å²) in [4.78, 5) is 0. The molecule has 0 aliphatic heterocycles. The van der Waals surface area contributed by atoms with Gasteiger partial charge in [0.25, 0.3) is 0 Å². The van der Waals surface area contributed by atoms with Crippen LogP contribution in [0, 0.1) is 11.8 Å². The summed E-state index contributed by atoms with van der Waals surface area (Å²) in [6.45, 7) is 9.17. The molecule has 0 spiro atoms. The topological polar surface area (TPSA) is 12.0 Å². The first kappa shape index (κ1) is 16.0. The van der Waals surface area contributed by atoms with E-state index in [0.29, 0.717) is 11.8 Å². The van der Waals surface area contributed by atoms with E-state index in [-0.39, 0.29) is 6.04 Å². The van der Waals surface area contributed by atoms with Gasteiger partial charge in [-0.2, -0.15) is 13.2 Å². The van der Waals surface area contributed by atoms with Gasteiger partial charge in [-0.15, -0.1) is 0 Å². The molecule has 0 saturated heterocycles. The molecule has 2 atom stereocenters. The monoisotopic (exact) mass is 273 g/mol. The highest BCUT2D eigenvalue weighted by Gasteiger charge is 2.30. The lowest BCUT2D eigenvalue weighted by Crippen LogP contribution is -2.29. The summed E-state index contributed by atoms with van der Waals surface area (Å²) in [5, 5.41) is 3.36. The zero-order valence-corrected chi connectivity index (χ0v) is 11.9. The normalized spacial score (nSPS) is 15.6. The maximum atomic E-state index is 12.5. The van der Waals surface area contributed by atoms with Crippen molar-refractivity contribution in [3.63, 3.8) is 0 Å². The molecule has 108 valence electrons. The molecule has 4 heteroatoms. The smallest absolute Gasteiger partial charge is 0.310 e. The van der Waals surface area contributed by atoms with Gasteiger partial charge in [0.1, 0.15) is 0 Å². The summed E-state index contributed by atoms with van der Waals surface area (Å²) in [6.07, 6.45) is -4.27. The Hall–Kier alpha value is -1.03. The lowest BCUT2D eigenvalue weighted by molar-refractivity contribution is -0.137. The molecule has 0 bridgehead atoms. The van der Waals surface area contributed by atoms with E-state index in [1.807, 2.05) is 6.92 Å². The number of nitrogens with one attached hydrogen (secondary N) is 1. The third kappa shape index (κ3) is 4.23. The van der Waals surface area contributed by atoms with Crippen LogP contribution in [0.1, 0.15) is 44.9 Å². The van der Waals surface area contributed by atoms with Crippen LogP contribution < -0.4 is 5.32 Å². The molecule has 2 unspecified atom stereocenters. The molecular formula is C15H22F3N. The lowest BCUT2D eigenvalue weighted by Gasteiger charge is -2.28. The molecular weight excluding hydrogens is 251 g/mol. The first-order valence-corrected chi connectivity index (χ1v) is 6.68. The Labute approximate surface area is 113 Å². The predicted octanol–water partition coefficient (Wildman–Crippen LogP) is 4.65. The minimum absolute atomic E-state index is 0.0901. The second-order valence-electron chi connectivity index (χ2n) is 5.26. The quantitative estimate of drug-likeness (QED) is 0.823. The van der Waals surface area contributed by atoms with Crippen molar-refractivity contribution < 1.29 is 13.2 Å². The Morgan fingerprint density at radius 3 is 1.95 bits per heavy atom. The van der Waals surface area contributed by atoms with Gasteiger partial charge in [-0.3, -0.25) is 0 Å². The van der Waals surface area contributed by atoms with Gasteiger partial charge in [0.05, 0.1) is 5.56 Å². The molecule has 0 aromatic heterocycles. The van der Waals surface area contributed by atoms with Gasteiger partial charge < -0.3 is 5.32 Å². The molecule has 1 nitrogen and oxygen atoms in total. The van der Waals surface area contributed by atoms with Crippen LogP contribution in [0.2, 0.25) is 0 Å². The molecule has 1 aromatic carbocycles. The SMILES string of the molecule is CCNC(c1ccc(C(F)(F)F)cc1)C(C)C(C)C. The van der Waals surface area contributed by atoms with E-state index in [0.717, 1.165) is 24.2 Å². The van der Waals surface area contributed by atoms with Gasteiger partial charge in [0.2, 0.25) is 0 Å². The molecule has 0 saturated carbocycles.